The van der Waals surface area contributed by atoms with Crippen LogP contribution in [0.3, 0.4) is 0 Å². The lowest BCUT2D eigenvalue weighted by Crippen LogP contribution is -2.56. The lowest BCUT2D eigenvalue weighted by atomic mass is 9.70. The molecule has 0 aromatic heterocycles. The van der Waals surface area contributed by atoms with Crippen LogP contribution in [-0.4, -0.2) is 48.0 Å². The molecule has 1 heterocycles. The molecule has 0 aromatic carbocycles. The summed E-state index contributed by atoms with van der Waals surface area (Å²) in [6.07, 6.45) is 3.14. The van der Waals surface area contributed by atoms with Gasteiger partial charge in [0.2, 0.25) is 0 Å². The van der Waals surface area contributed by atoms with Crippen LogP contribution in [0.25, 0.3) is 0 Å². The molecule has 1 N–H and O–H groups in total. The molecule has 1 aliphatic heterocycles. The molecule has 1 saturated heterocycles. The highest BCUT2D eigenvalue weighted by atomic mass is 16.5. The molecule has 0 radical (unpaired) electrons. The average Bonchev–Trinajstić information content (AvgIpc) is 2.26. The van der Waals surface area contributed by atoms with Gasteiger partial charge in [-0.15, -0.1) is 0 Å². The number of aliphatic hydroxyl groups excluding tert-OH is 1. The first-order chi connectivity index (χ1) is 8.30. The lowest BCUT2D eigenvalue weighted by molar-refractivity contribution is -0.0774. The molecule has 3 nitrogen and oxygen atoms in total. The summed E-state index contributed by atoms with van der Waals surface area (Å²) in [6.45, 7) is 12.8. The number of hydrogen-bond acceptors (Lipinski definition) is 3. The van der Waals surface area contributed by atoms with Crippen LogP contribution >= 0.6 is 0 Å². The normalized spacial score (nSPS) is 36.5. The molecule has 3 heteroatoms. The Morgan fingerprint density at radius 1 is 1.28 bits per heavy atom. The van der Waals surface area contributed by atoms with Crippen molar-refractivity contribution >= 4 is 0 Å². The molecule has 106 valence electrons. The van der Waals surface area contributed by atoms with E-state index in [0.29, 0.717) is 11.3 Å². The number of hydrogen-bond donors (Lipinski definition) is 1. The van der Waals surface area contributed by atoms with Crippen LogP contribution in [0.5, 0.6) is 0 Å². The van der Waals surface area contributed by atoms with E-state index in [2.05, 4.69) is 32.6 Å². The summed E-state index contributed by atoms with van der Waals surface area (Å²) in [4.78, 5) is 2.51. The van der Waals surface area contributed by atoms with Crippen molar-refractivity contribution in [3.8, 4) is 0 Å². The molecule has 1 saturated carbocycles. The topological polar surface area (TPSA) is 32.7 Å². The molecule has 0 amide bonds. The second kappa shape index (κ2) is 5.10. The number of aliphatic hydroxyl groups is 1. The maximum absolute atomic E-state index is 10.2. The minimum atomic E-state index is -0.114. The molecule has 0 bridgehead atoms. The quantitative estimate of drug-likeness (QED) is 0.822. The minimum Gasteiger partial charge on any atom is -0.393 e. The van der Waals surface area contributed by atoms with Crippen molar-refractivity contribution in [3.05, 3.63) is 0 Å². The summed E-state index contributed by atoms with van der Waals surface area (Å²) in [5, 5.41) is 10.2. The van der Waals surface area contributed by atoms with E-state index in [9.17, 15) is 5.11 Å². The van der Waals surface area contributed by atoms with E-state index in [-0.39, 0.29) is 11.6 Å². The highest BCUT2D eigenvalue weighted by Crippen LogP contribution is 2.39. The number of ether oxygens (including phenoxy) is 1. The zero-order valence-electron chi connectivity index (χ0n) is 12.4. The van der Waals surface area contributed by atoms with Crippen LogP contribution in [0, 0.1) is 11.3 Å². The van der Waals surface area contributed by atoms with Gasteiger partial charge in [-0.25, -0.2) is 0 Å². The fourth-order valence-corrected chi connectivity index (χ4v) is 3.42. The minimum absolute atomic E-state index is 0.111. The first kappa shape index (κ1) is 14.3. The van der Waals surface area contributed by atoms with Crippen LogP contribution in [0.4, 0.5) is 0 Å². The van der Waals surface area contributed by atoms with Crippen molar-refractivity contribution in [1.82, 2.24) is 4.90 Å². The Morgan fingerprint density at radius 2 is 2.00 bits per heavy atom. The van der Waals surface area contributed by atoms with E-state index >= 15 is 0 Å². The van der Waals surface area contributed by atoms with Gasteiger partial charge in [0.15, 0.2) is 0 Å². The van der Waals surface area contributed by atoms with E-state index in [1.54, 1.807) is 0 Å². The Labute approximate surface area is 112 Å². The summed E-state index contributed by atoms with van der Waals surface area (Å²) in [6, 6.07) is 0. The standard InChI is InChI=1S/C15H29NO2/c1-14(2)6-5-13(17)12(9-14)10-16-7-8-18-11-15(16,3)4/h12-13,17H,5-11H2,1-4H3. The van der Waals surface area contributed by atoms with Crippen LogP contribution in [-0.2, 0) is 4.74 Å². The van der Waals surface area contributed by atoms with Crippen molar-refractivity contribution in [1.29, 1.82) is 0 Å². The maximum Gasteiger partial charge on any atom is 0.0645 e. The molecule has 18 heavy (non-hydrogen) atoms. The van der Waals surface area contributed by atoms with Gasteiger partial charge in [0.1, 0.15) is 0 Å². The van der Waals surface area contributed by atoms with E-state index < -0.39 is 0 Å². The summed E-state index contributed by atoms with van der Waals surface area (Å²) >= 11 is 0. The summed E-state index contributed by atoms with van der Waals surface area (Å²) in [7, 11) is 0. The molecular weight excluding hydrogens is 226 g/mol. The van der Waals surface area contributed by atoms with Crippen LogP contribution < -0.4 is 0 Å². The monoisotopic (exact) mass is 255 g/mol. The highest BCUT2D eigenvalue weighted by molar-refractivity contribution is 4.91. The van der Waals surface area contributed by atoms with Gasteiger partial charge in [-0.2, -0.15) is 0 Å². The molecule has 2 unspecified atom stereocenters. The Hall–Kier alpha value is -0.120. The summed E-state index contributed by atoms with van der Waals surface area (Å²) in [5.74, 6) is 0.422. The summed E-state index contributed by atoms with van der Waals surface area (Å²) < 4.78 is 5.57. The third-order valence-corrected chi connectivity index (χ3v) is 4.75. The number of rotatable bonds is 2. The van der Waals surface area contributed by atoms with E-state index in [0.717, 1.165) is 45.6 Å². The third kappa shape index (κ3) is 3.25. The largest absolute Gasteiger partial charge is 0.393 e. The van der Waals surface area contributed by atoms with Gasteiger partial charge in [0.05, 0.1) is 19.3 Å². The van der Waals surface area contributed by atoms with Gasteiger partial charge in [-0.05, 0) is 44.4 Å². The Morgan fingerprint density at radius 3 is 2.67 bits per heavy atom. The van der Waals surface area contributed by atoms with Gasteiger partial charge < -0.3 is 9.84 Å². The molecule has 0 aromatic rings. The van der Waals surface area contributed by atoms with Gasteiger partial charge in [-0.1, -0.05) is 13.8 Å². The Balaban J connectivity index is 1.98. The predicted octanol–water partition coefficient (Wildman–Crippen LogP) is 2.28. The molecule has 0 spiro atoms. The lowest BCUT2D eigenvalue weighted by Gasteiger charge is -2.47. The van der Waals surface area contributed by atoms with E-state index in [4.69, 9.17) is 4.74 Å². The molecule has 2 fully saturated rings. The second-order valence-corrected chi connectivity index (χ2v) is 7.55. The average molecular weight is 255 g/mol. The van der Waals surface area contributed by atoms with Crippen molar-refractivity contribution < 1.29 is 9.84 Å². The highest BCUT2D eigenvalue weighted by Gasteiger charge is 2.38. The first-order valence-corrected chi connectivity index (χ1v) is 7.31. The zero-order valence-corrected chi connectivity index (χ0v) is 12.4. The zero-order chi connectivity index (χ0) is 13.4. The van der Waals surface area contributed by atoms with Crippen LogP contribution in [0.1, 0.15) is 47.0 Å². The SMILES string of the molecule is CC1(C)CCC(O)C(CN2CCOCC2(C)C)C1. The van der Waals surface area contributed by atoms with Crippen LogP contribution in [0.15, 0.2) is 0 Å². The number of morpholine rings is 1. The van der Waals surface area contributed by atoms with Crippen LogP contribution in [0.2, 0.25) is 0 Å². The smallest absolute Gasteiger partial charge is 0.0645 e. The molecule has 2 aliphatic rings. The Kier molecular flexibility index (Phi) is 4.05. The predicted molar refractivity (Wildman–Crippen MR) is 73.6 cm³/mol. The van der Waals surface area contributed by atoms with Gasteiger partial charge in [0.25, 0.3) is 0 Å². The fraction of sp³-hybridized carbons (Fsp3) is 1.00. The van der Waals surface area contributed by atoms with Gasteiger partial charge in [-0.3, -0.25) is 4.90 Å². The van der Waals surface area contributed by atoms with Gasteiger partial charge in [0, 0.05) is 18.6 Å². The van der Waals surface area contributed by atoms with Crippen molar-refractivity contribution in [2.75, 3.05) is 26.3 Å². The fourth-order valence-electron chi connectivity index (χ4n) is 3.42. The van der Waals surface area contributed by atoms with Crippen molar-refractivity contribution in [2.45, 2.75) is 58.6 Å². The van der Waals surface area contributed by atoms with Crippen molar-refractivity contribution in [2.24, 2.45) is 11.3 Å². The molecular formula is C15H29NO2. The third-order valence-electron chi connectivity index (χ3n) is 4.75. The molecule has 2 atom stereocenters. The second-order valence-electron chi connectivity index (χ2n) is 7.55. The van der Waals surface area contributed by atoms with E-state index in [1.807, 2.05) is 0 Å². The van der Waals surface area contributed by atoms with Crippen molar-refractivity contribution in [3.63, 3.8) is 0 Å². The number of nitrogens with zero attached hydrogens (tertiary/aromatic N) is 1. The van der Waals surface area contributed by atoms with Gasteiger partial charge >= 0.3 is 0 Å². The first-order valence-electron chi connectivity index (χ1n) is 7.31. The molecule has 1 aliphatic carbocycles. The molecule has 2 rings (SSSR count). The Bertz CT molecular complexity index is 288. The summed E-state index contributed by atoms with van der Waals surface area (Å²) in [5.41, 5.74) is 0.500. The van der Waals surface area contributed by atoms with E-state index in [1.165, 1.54) is 0 Å². The maximum atomic E-state index is 10.2.